The first-order valence-electron chi connectivity index (χ1n) is 22.3. The molecule has 1 fully saturated rings. The van der Waals surface area contributed by atoms with Crippen molar-refractivity contribution in [1.82, 2.24) is 0 Å². The third kappa shape index (κ3) is 23.6. The molecule has 10 heteroatoms. The fourth-order valence-corrected chi connectivity index (χ4v) is 6.92. The van der Waals surface area contributed by atoms with Gasteiger partial charge in [0.15, 0.2) is 0 Å². The molecule has 3 rings (SSSR count). The first-order valence-corrected chi connectivity index (χ1v) is 22.3. The van der Waals surface area contributed by atoms with E-state index in [1.54, 1.807) is 24.3 Å². The normalized spacial score (nSPS) is 14.5. The number of esters is 4. The van der Waals surface area contributed by atoms with Crippen molar-refractivity contribution < 1.29 is 47.6 Å². The van der Waals surface area contributed by atoms with Crippen LogP contribution in [0.1, 0.15) is 147 Å². The standard InChI is InChI=1S/C50H68O10/c1-3-47(51)57-39-21-17-13-9-5-7-11-15-19-37-55-43-28-23-41(24-29-43)25-36-49(53)59-45-32-34-46(35-33-45)60-50(54)42-26-30-44(31-27-42)56-38-20-16-12-8-6-10-14-18-22-40-58-48(52)4-2/h3-4,23-24,28-29,32-35,42,44H,1-2,5-22,26-27,30-31,37-40H2/t42-,44+. The number of carbonyl (C=O) groups excluding carboxylic acids is 4. The molecule has 0 saturated heterocycles. The van der Waals surface area contributed by atoms with E-state index in [1.807, 2.05) is 24.3 Å². The van der Waals surface area contributed by atoms with Crippen molar-refractivity contribution >= 4 is 23.9 Å². The van der Waals surface area contributed by atoms with Crippen LogP contribution in [0.4, 0.5) is 0 Å². The molecule has 0 radical (unpaired) electrons. The highest BCUT2D eigenvalue weighted by Gasteiger charge is 2.28. The fourth-order valence-electron chi connectivity index (χ4n) is 6.92. The predicted octanol–water partition coefficient (Wildman–Crippen LogP) is 11.0. The van der Waals surface area contributed by atoms with Crippen molar-refractivity contribution in [3.05, 3.63) is 79.4 Å². The second-order valence-electron chi connectivity index (χ2n) is 15.4. The van der Waals surface area contributed by atoms with Crippen molar-refractivity contribution in [2.45, 2.75) is 147 Å². The highest BCUT2D eigenvalue weighted by Crippen LogP contribution is 2.29. The van der Waals surface area contributed by atoms with Gasteiger partial charge in [0.2, 0.25) is 0 Å². The summed E-state index contributed by atoms with van der Waals surface area (Å²) in [5.41, 5.74) is 0.675. The molecule has 0 N–H and O–H groups in total. The topological polar surface area (TPSA) is 124 Å². The van der Waals surface area contributed by atoms with Crippen molar-refractivity contribution in [2.24, 2.45) is 5.92 Å². The summed E-state index contributed by atoms with van der Waals surface area (Å²) in [6, 6.07) is 13.7. The molecule has 0 bridgehead atoms. The molecule has 10 nitrogen and oxygen atoms in total. The van der Waals surface area contributed by atoms with Gasteiger partial charge in [0.25, 0.3) is 0 Å². The van der Waals surface area contributed by atoms with E-state index in [0.29, 0.717) is 36.9 Å². The Labute approximate surface area is 358 Å². The monoisotopic (exact) mass is 828 g/mol. The van der Waals surface area contributed by atoms with Crippen molar-refractivity contribution in [2.75, 3.05) is 26.4 Å². The van der Waals surface area contributed by atoms with Crippen LogP contribution in [0.15, 0.2) is 73.8 Å². The van der Waals surface area contributed by atoms with E-state index in [-0.39, 0.29) is 29.9 Å². The highest BCUT2D eigenvalue weighted by atomic mass is 16.5. The maximum atomic E-state index is 12.8. The summed E-state index contributed by atoms with van der Waals surface area (Å²) in [4.78, 5) is 47.2. The molecule has 0 heterocycles. The zero-order valence-corrected chi connectivity index (χ0v) is 35.8. The number of ether oxygens (including phenoxy) is 6. The summed E-state index contributed by atoms with van der Waals surface area (Å²) < 4.78 is 32.9. The van der Waals surface area contributed by atoms with Gasteiger partial charge < -0.3 is 28.4 Å². The lowest BCUT2D eigenvalue weighted by atomic mass is 9.87. The van der Waals surface area contributed by atoms with Gasteiger partial charge >= 0.3 is 23.9 Å². The SMILES string of the molecule is C=CC(=O)OCCCCCCCCCCCOc1ccc(C#CC(=O)Oc2ccc(OC(=O)[C@H]3CC[C@@H](OCCCCCCCCCCCOC(=O)C=C)CC3)cc2)cc1. The maximum absolute atomic E-state index is 12.8. The molecule has 2 aromatic carbocycles. The summed E-state index contributed by atoms with van der Waals surface area (Å²) in [6.07, 6.45) is 26.2. The average Bonchev–Trinajstić information content (AvgIpc) is 3.27. The van der Waals surface area contributed by atoms with Gasteiger partial charge in [-0.05, 0) is 99.9 Å². The number of hydrogen-bond donors (Lipinski definition) is 0. The van der Waals surface area contributed by atoms with E-state index < -0.39 is 5.97 Å². The second-order valence-corrected chi connectivity index (χ2v) is 15.4. The van der Waals surface area contributed by atoms with E-state index in [2.05, 4.69) is 25.0 Å². The van der Waals surface area contributed by atoms with Crippen LogP contribution in [0.5, 0.6) is 17.2 Å². The average molecular weight is 829 g/mol. The van der Waals surface area contributed by atoms with Crippen LogP contribution in [0, 0.1) is 17.8 Å². The van der Waals surface area contributed by atoms with Crippen LogP contribution < -0.4 is 14.2 Å². The Kier molecular flexibility index (Phi) is 26.4. The molecule has 0 spiro atoms. The highest BCUT2D eigenvalue weighted by molar-refractivity contribution is 5.90. The molecule has 0 aromatic heterocycles. The third-order valence-corrected chi connectivity index (χ3v) is 10.4. The molecule has 0 amide bonds. The first kappa shape index (κ1) is 49.5. The van der Waals surface area contributed by atoms with Crippen LogP contribution in [0.3, 0.4) is 0 Å². The Hall–Kier alpha value is -4.88. The molecule has 0 atom stereocenters. The lowest BCUT2D eigenvalue weighted by Crippen LogP contribution is -2.29. The van der Waals surface area contributed by atoms with E-state index in [0.717, 1.165) is 89.4 Å². The quantitative estimate of drug-likeness (QED) is 0.0238. The van der Waals surface area contributed by atoms with Crippen LogP contribution in [-0.4, -0.2) is 56.4 Å². The Balaban J connectivity index is 1.17. The summed E-state index contributed by atoms with van der Waals surface area (Å²) in [5.74, 6) is 5.06. The van der Waals surface area contributed by atoms with E-state index in [4.69, 9.17) is 28.4 Å². The fraction of sp³-hybridized carbons (Fsp3) is 0.560. The van der Waals surface area contributed by atoms with Crippen LogP contribution in [-0.2, 0) is 33.4 Å². The minimum atomic E-state index is -0.684. The molecular formula is C50H68O10. The summed E-state index contributed by atoms with van der Waals surface area (Å²) in [5, 5.41) is 0. The minimum Gasteiger partial charge on any atom is -0.494 e. The molecular weight excluding hydrogens is 761 g/mol. The van der Waals surface area contributed by atoms with Gasteiger partial charge in [-0.25, -0.2) is 14.4 Å². The lowest BCUT2D eigenvalue weighted by molar-refractivity contribution is -0.141. The van der Waals surface area contributed by atoms with Crippen molar-refractivity contribution in [3.63, 3.8) is 0 Å². The van der Waals surface area contributed by atoms with Crippen LogP contribution >= 0.6 is 0 Å². The van der Waals surface area contributed by atoms with Gasteiger partial charge in [-0.1, -0.05) is 109 Å². The maximum Gasteiger partial charge on any atom is 0.390 e. The van der Waals surface area contributed by atoms with E-state index in [1.165, 1.54) is 76.4 Å². The molecule has 1 aliphatic rings. The Morgan fingerprint density at radius 2 is 0.933 bits per heavy atom. The minimum absolute atomic E-state index is 0.155. The number of carbonyl (C=O) groups is 4. The number of hydrogen-bond acceptors (Lipinski definition) is 10. The van der Waals surface area contributed by atoms with Gasteiger partial charge in [-0.2, -0.15) is 0 Å². The van der Waals surface area contributed by atoms with Gasteiger partial charge in [0.05, 0.1) is 31.8 Å². The first-order chi connectivity index (χ1) is 29.4. The van der Waals surface area contributed by atoms with Gasteiger partial charge in [-0.3, -0.25) is 4.79 Å². The smallest absolute Gasteiger partial charge is 0.390 e. The number of rotatable bonds is 31. The van der Waals surface area contributed by atoms with Gasteiger partial charge in [-0.15, -0.1) is 0 Å². The molecule has 328 valence electrons. The summed E-state index contributed by atoms with van der Waals surface area (Å²) in [7, 11) is 0. The zero-order chi connectivity index (χ0) is 42.9. The van der Waals surface area contributed by atoms with Crippen LogP contribution in [0.2, 0.25) is 0 Å². The molecule has 1 aliphatic carbocycles. The Morgan fingerprint density at radius 1 is 0.517 bits per heavy atom. The van der Waals surface area contributed by atoms with Gasteiger partial charge in [0, 0.05) is 30.2 Å². The largest absolute Gasteiger partial charge is 0.494 e. The molecule has 60 heavy (non-hydrogen) atoms. The third-order valence-electron chi connectivity index (χ3n) is 10.4. The van der Waals surface area contributed by atoms with Crippen molar-refractivity contribution in [3.8, 4) is 29.1 Å². The van der Waals surface area contributed by atoms with E-state index in [9.17, 15) is 19.2 Å². The Bertz CT molecular complexity index is 1600. The molecule has 0 aliphatic heterocycles. The van der Waals surface area contributed by atoms with Crippen molar-refractivity contribution in [1.29, 1.82) is 0 Å². The predicted molar refractivity (Wildman–Crippen MR) is 234 cm³/mol. The molecule has 1 saturated carbocycles. The lowest BCUT2D eigenvalue weighted by Gasteiger charge is -2.27. The number of benzene rings is 2. The molecule has 2 aromatic rings. The zero-order valence-electron chi connectivity index (χ0n) is 35.8. The van der Waals surface area contributed by atoms with Gasteiger partial charge in [0.1, 0.15) is 17.2 Å². The summed E-state index contributed by atoms with van der Waals surface area (Å²) >= 11 is 0. The second kappa shape index (κ2) is 32.0. The summed E-state index contributed by atoms with van der Waals surface area (Å²) in [6.45, 7) is 9.16. The Morgan fingerprint density at radius 3 is 1.42 bits per heavy atom. The van der Waals surface area contributed by atoms with Crippen LogP contribution in [0.25, 0.3) is 0 Å². The number of unbranched alkanes of at least 4 members (excludes halogenated alkanes) is 16. The van der Waals surface area contributed by atoms with E-state index >= 15 is 0 Å². The molecule has 0 unspecified atom stereocenters.